The maximum Gasteiger partial charge on any atom is 0.124 e. The molecule has 1 saturated carbocycles. The van der Waals surface area contributed by atoms with Crippen molar-refractivity contribution < 1.29 is 9.47 Å². The normalized spacial score (nSPS) is 22.9. The molecule has 2 aromatic carbocycles. The largest absolute Gasteiger partial charge is 0.490 e. The molecule has 0 spiro atoms. The van der Waals surface area contributed by atoms with Crippen LogP contribution in [0.1, 0.15) is 86.7 Å². The highest BCUT2D eigenvalue weighted by molar-refractivity contribution is 5.42. The number of fused-ring (bicyclic) bond motifs is 1. The van der Waals surface area contributed by atoms with Gasteiger partial charge >= 0.3 is 0 Å². The fourth-order valence-electron chi connectivity index (χ4n) is 6.28. The molecule has 3 unspecified atom stereocenters. The molecule has 0 radical (unpaired) electrons. The minimum absolute atomic E-state index is 0.127. The maximum atomic E-state index is 6.52. The fraction of sp³-hybridized carbons (Fsp3) is 0.419. The van der Waals surface area contributed by atoms with Gasteiger partial charge in [-0.1, -0.05) is 30.3 Å². The highest BCUT2D eigenvalue weighted by Gasteiger charge is 2.34. The third-order valence-corrected chi connectivity index (χ3v) is 8.36. The van der Waals surface area contributed by atoms with Gasteiger partial charge in [-0.3, -0.25) is 15.1 Å². The Morgan fingerprint density at radius 2 is 1.53 bits per heavy atom. The van der Waals surface area contributed by atoms with Gasteiger partial charge in [-0.25, -0.2) is 0 Å². The topological polar surface area (TPSA) is 79.1 Å². The number of nitrogens with zero attached hydrogens (tertiary/aromatic N) is 3. The summed E-state index contributed by atoms with van der Waals surface area (Å²) in [6.45, 7) is 4.53. The zero-order chi connectivity index (χ0) is 25.9. The number of nitrogens with one attached hydrogen (secondary N) is 2. The SMILES string of the molecule is CC(c1ccn[nH]1)N(C1CCC(Oc2ccc3c(c2)CCC(c2ccccc2)O3)CC1)C(C)c1ccn[nH]1. The Balaban J connectivity index is 1.09. The predicted octanol–water partition coefficient (Wildman–Crippen LogP) is 6.71. The van der Waals surface area contributed by atoms with E-state index in [0.29, 0.717) is 6.04 Å². The molecule has 1 aliphatic heterocycles. The van der Waals surface area contributed by atoms with E-state index >= 15 is 0 Å². The summed E-state index contributed by atoms with van der Waals surface area (Å²) >= 11 is 0. The van der Waals surface area contributed by atoms with Gasteiger partial charge in [-0.15, -0.1) is 0 Å². The number of aryl methyl sites for hydroxylation is 1. The van der Waals surface area contributed by atoms with Gasteiger partial charge in [0, 0.05) is 30.5 Å². The van der Waals surface area contributed by atoms with Crippen LogP contribution in [0.3, 0.4) is 0 Å². The lowest BCUT2D eigenvalue weighted by atomic mass is 9.89. The number of hydrogen-bond acceptors (Lipinski definition) is 5. The molecule has 0 amide bonds. The van der Waals surface area contributed by atoms with Crippen LogP contribution in [-0.2, 0) is 6.42 Å². The second-order valence-electron chi connectivity index (χ2n) is 10.7. The van der Waals surface area contributed by atoms with Crippen molar-refractivity contribution in [2.45, 2.75) is 82.7 Å². The minimum atomic E-state index is 0.127. The second-order valence-corrected chi connectivity index (χ2v) is 10.7. The molecule has 3 heterocycles. The summed E-state index contributed by atoms with van der Waals surface area (Å²) in [5.41, 5.74) is 4.77. The Labute approximate surface area is 224 Å². The molecule has 7 heteroatoms. The van der Waals surface area contributed by atoms with Crippen LogP contribution in [0, 0.1) is 0 Å². The van der Waals surface area contributed by atoms with Gasteiger partial charge in [-0.05, 0) is 93.8 Å². The molecule has 2 aliphatic rings. The van der Waals surface area contributed by atoms with Crippen molar-refractivity contribution in [3.05, 3.63) is 95.6 Å². The first-order valence-electron chi connectivity index (χ1n) is 13.9. The van der Waals surface area contributed by atoms with Crippen LogP contribution in [-0.4, -0.2) is 37.4 Å². The van der Waals surface area contributed by atoms with Crippen LogP contribution in [0.15, 0.2) is 73.1 Å². The number of aromatic amines is 2. The van der Waals surface area contributed by atoms with Crippen molar-refractivity contribution in [1.29, 1.82) is 0 Å². The van der Waals surface area contributed by atoms with Crippen LogP contribution in [0.2, 0.25) is 0 Å². The average molecular weight is 512 g/mol. The molecule has 2 aromatic heterocycles. The molecule has 1 fully saturated rings. The summed E-state index contributed by atoms with van der Waals surface area (Å²) in [4.78, 5) is 2.61. The van der Waals surface area contributed by atoms with Crippen molar-refractivity contribution in [1.82, 2.24) is 25.3 Å². The Hall–Kier alpha value is -3.58. The van der Waals surface area contributed by atoms with E-state index in [-0.39, 0.29) is 24.3 Å². The first-order valence-corrected chi connectivity index (χ1v) is 13.9. The van der Waals surface area contributed by atoms with Crippen molar-refractivity contribution in [3.8, 4) is 11.5 Å². The van der Waals surface area contributed by atoms with E-state index in [9.17, 15) is 0 Å². The molecule has 38 heavy (non-hydrogen) atoms. The third-order valence-electron chi connectivity index (χ3n) is 8.36. The Kier molecular flexibility index (Phi) is 7.18. The van der Waals surface area contributed by atoms with Crippen LogP contribution in [0.5, 0.6) is 11.5 Å². The zero-order valence-corrected chi connectivity index (χ0v) is 22.2. The van der Waals surface area contributed by atoms with E-state index in [1.807, 2.05) is 12.4 Å². The number of ether oxygens (including phenoxy) is 2. The van der Waals surface area contributed by atoms with E-state index in [1.54, 1.807) is 0 Å². The quantitative estimate of drug-likeness (QED) is 0.275. The van der Waals surface area contributed by atoms with Gasteiger partial charge in [0.2, 0.25) is 0 Å². The first kappa shape index (κ1) is 24.7. The van der Waals surface area contributed by atoms with E-state index in [2.05, 4.69) is 99.8 Å². The lowest BCUT2D eigenvalue weighted by Crippen LogP contribution is -2.43. The molecule has 1 aliphatic carbocycles. The van der Waals surface area contributed by atoms with Crippen molar-refractivity contribution >= 4 is 0 Å². The molecule has 4 aromatic rings. The van der Waals surface area contributed by atoms with E-state index in [1.165, 1.54) is 11.1 Å². The lowest BCUT2D eigenvalue weighted by Gasteiger charge is -2.43. The number of aromatic nitrogens is 4. The number of benzene rings is 2. The van der Waals surface area contributed by atoms with Gasteiger partial charge in [0.1, 0.15) is 17.6 Å². The van der Waals surface area contributed by atoms with Crippen LogP contribution >= 0.6 is 0 Å². The Morgan fingerprint density at radius 3 is 2.16 bits per heavy atom. The molecule has 6 rings (SSSR count). The zero-order valence-electron chi connectivity index (χ0n) is 22.2. The van der Waals surface area contributed by atoms with Gasteiger partial charge in [0.15, 0.2) is 0 Å². The molecule has 7 nitrogen and oxygen atoms in total. The smallest absolute Gasteiger partial charge is 0.124 e. The third kappa shape index (κ3) is 5.20. The van der Waals surface area contributed by atoms with Gasteiger partial charge in [-0.2, -0.15) is 10.2 Å². The average Bonchev–Trinajstić information content (AvgIpc) is 3.70. The van der Waals surface area contributed by atoms with Gasteiger partial charge in [0.05, 0.1) is 17.5 Å². The number of rotatable bonds is 8. The monoisotopic (exact) mass is 511 g/mol. The van der Waals surface area contributed by atoms with E-state index < -0.39 is 0 Å². The molecular weight excluding hydrogens is 474 g/mol. The van der Waals surface area contributed by atoms with Crippen LogP contribution in [0.25, 0.3) is 0 Å². The highest BCUT2D eigenvalue weighted by Crippen LogP contribution is 2.39. The summed E-state index contributed by atoms with van der Waals surface area (Å²) in [6, 6.07) is 21.9. The van der Waals surface area contributed by atoms with Crippen molar-refractivity contribution in [2.75, 3.05) is 0 Å². The Bertz CT molecular complexity index is 1240. The predicted molar refractivity (Wildman–Crippen MR) is 147 cm³/mol. The standard InChI is InChI=1S/C31H37N5O2/c1-21(28-16-18-32-34-28)36(22(2)29-17-19-33-35-29)25-9-11-26(12-10-25)37-27-13-15-31-24(20-27)8-14-30(38-31)23-6-4-3-5-7-23/h3-7,13,15-22,25-26,30H,8-12,14H2,1-2H3,(H,32,34)(H,33,35). The fourth-order valence-corrected chi connectivity index (χ4v) is 6.28. The maximum absolute atomic E-state index is 6.52. The van der Waals surface area contributed by atoms with Crippen LogP contribution in [0.4, 0.5) is 0 Å². The summed E-state index contributed by atoms with van der Waals surface area (Å²) < 4.78 is 12.9. The van der Waals surface area contributed by atoms with Crippen LogP contribution < -0.4 is 9.47 Å². The van der Waals surface area contributed by atoms with E-state index in [4.69, 9.17) is 9.47 Å². The first-order chi connectivity index (χ1) is 18.7. The van der Waals surface area contributed by atoms with Gasteiger partial charge < -0.3 is 9.47 Å². The summed E-state index contributed by atoms with van der Waals surface area (Å²) in [5, 5.41) is 14.8. The second kappa shape index (κ2) is 11.0. The van der Waals surface area contributed by atoms with E-state index in [0.717, 1.165) is 61.4 Å². The Morgan fingerprint density at radius 1 is 0.842 bits per heavy atom. The lowest BCUT2D eigenvalue weighted by molar-refractivity contribution is 0.0364. The molecule has 198 valence electrons. The molecule has 0 bridgehead atoms. The molecular formula is C31H37N5O2. The summed E-state index contributed by atoms with van der Waals surface area (Å²) in [5.74, 6) is 1.94. The van der Waals surface area contributed by atoms with Crippen molar-refractivity contribution in [3.63, 3.8) is 0 Å². The molecule has 3 atom stereocenters. The number of H-pyrrole nitrogens is 2. The van der Waals surface area contributed by atoms with Gasteiger partial charge in [0.25, 0.3) is 0 Å². The van der Waals surface area contributed by atoms with Crippen molar-refractivity contribution in [2.24, 2.45) is 0 Å². The minimum Gasteiger partial charge on any atom is -0.490 e. The molecule has 0 saturated heterocycles. The number of hydrogen-bond donors (Lipinski definition) is 2. The molecule has 2 N–H and O–H groups in total. The summed E-state index contributed by atoms with van der Waals surface area (Å²) in [6.07, 6.45) is 10.3. The highest BCUT2D eigenvalue weighted by atomic mass is 16.5. The summed E-state index contributed by atoms with van der Waals surface area (Å²) in [7, 11) is 0.